The molecule has 1 heterocycles. The van der Waals surface area contributed by atoms with E-state index in [9.17, 15) is 4.79 Å². The van der Waals surface area contributed by atoms with Crippen molar-refractivity contribution in [1.29, 1.82) is 5.26 Å². The highest BCUT2D eigenvalue weighted by Crippen LogP contribution is 2.16. The lowest BCUT2D eigenvalue weighted by molar-refractivity contribution is 0.0938. The van der Waals surface area contributed by atoms with Crippen molar-refractivity contribution in [2.75, 3.05) is 0 Å². The first-order chi connectivity index (χ1) is 10.7. The fourth-order valence-corrected chi connectivity index (χ4v) is 2.26. The molecule has 2 N–H and O–H groups in total. The number of carbonyl (C=O) groups is 1. The number of aromatic nitrogens is 2. The van der Waals surface area contributed by atoms with Gasteiger partial charge < -0.3 is 10.3 Å². The van der Waals surface area contributed by atoms with Crippen molar-refractivity contribution in [2.45, 2.75) is 13.0 Å². The fraction of sp³-hybridized carbons (Fsp3) is 0.118. The molecular formula is C17H14N4O. The standard InChI is InChI=1S/C17H14N4O/c1-11(16-20-14-7-2-3-8-15(14)21-16)19-17(22)13-6-4-5-12(9-13)10-18/h2-9,11H,1H3,(H,19,22)(H,20,21)/t11-/m1/s1. The Bertz CT molecular complexity index is 842. The van der Waals surface area contributed by atoms with Crippen LogP contribution in [0.25, 0.3) is 11.0 Å². The van der Waals surface area contributed by atoms with Crippen molar-refractivity contribution >= 4 is 16.9 Å². The lowest BCUT2D eigenvalue weighted by atomic mass is 10.1. The molecule has 0 aliphatic rings. The number of carbonyl (C=O) groups excluding carboxylic acids is 1. The number of rotatable bonds is 3. The zero-order valence-corrected chi connectivity index (χ0v) is 12.0. The van der Waals surface area contributed by atoms with E-state index in [1.165, 1.54) is 0 Å². The van der Waals surface area contributed by atoms with E-state index in [1.807, 2.05) is 37.3 Å². The van der Waals surface area contributed by atoms with Crippen molar-refractivity contribution in [3.63, 3.8) is 0 Å². The van der Waals surface area contributed by atoms with Crippen LogP contribution in [0.5, 0.6) is 0 Å². The molecule has 108 valence electrons. The molecule has 2 aromatic carbocycles. The van der Waals surface area contributed by atoms with Crippen molar-refractivity contribution in [2.24, 2.45) is 0 Å². The van der Waals surface area contributed by atoms with Crippen molar-refractivity contribution in [3.8, 4) is 6.07 Å². The fourth-order valence-electron chi connectivity index (χ4n) is 2.26. The summed E-state index contributed by atoms with van der Waals surface area (Å²) in [6.45, 7) is 1.86. The molecular weight excluding hydrogens is 276 g/mol. The molecule has 1 atom stereocenters. The molecule has 1 aromatic heterocycles. The number of nitriles is 1. The number of benzene rings is 2. The monoisotopic (exact) mass is 290 g/mol. The molecule has 3 rings (SSSR count). The quantitative estimate of drug-likeness (QED) is 0.778. The summed E-state index contributed by atoms with van der Waals surface area (Å²) in [5, 5.41) is 11.8. The van der Waals surface area contributed by atoms with Gasteiger partial charge in [0.2, 0.25) is 0 Å². The van der Waals surface area contributed by atoms with Gasteiger partial charge in [0.25, 0.3) is 5.91 Å². The van der Waals surface area contributed by atoms with Gasteiger partial charge in [0.05, 0.1) is 28.7 Å². The third-order valence-corrected chi connectivity index (χ3v) is 3.42. The minimum Gasteiger partial charge on any atom is -0.342 e. The van der Waals surface area contributed by atoms with E-state index in [0.29, 0.717) is 17.0 Å². The summed E-state index contributed by atoms with van der Waals surface area (Å²) >= 11 is 0. The number of aromatic amines is 1. The molecule has 0 aliphatic heterocycles. The third kappa shape index (κ3) is 2.67. The van der Waals surface area contributed by atoms with Crippen molar-refractivity contribution in [3.05, 3.63) is 65.5 Å². The number of amides is 1. The first kappa shape index (κ1) is 13.8. The van der Waals surface area contributed by atoms with Gasteiger partial charge in [-0.05, 0) is 37.3 Å². The summed E-state index contributed by atoms with van der Waals surface area (Å²) in [7, 11) is 0. The van der Waals surface area contributed by atoms with Gasteiger partial charge in [-0.2, -0.15) is 5.26 Å². The molecule has 0 saturated carbocycles. The lowest BCUT2D eigenvalue weighted by Gasteiger charge is -2.11. The molecule has 0 bridgehead atoms. The summed E-state index contributed by atoms with van der Waals surface area (Å²) in [5.41, 5.74) is 2.72. The van der Waals surface area contributed by atoms with E-state index >= 15 is 0 Å². The molecule has 1 amide bonds. The van der Waals surface area contributed by atoms with Crippen LogP contribution in [-0.4, -0.2) is 15.9 Å². The second-order valence-corrected chi connectivity index (χ2v) is 5.03. The van der Waals surface area contributed by atoms with Gasteiger partial charge in [0.1, 0.15) is 5.82 Å². The Balaban J connectivity index is 1.79. The Morgan fingerprint density at radius 3 is 2.86 bits per heavy atom. The Morgan fingerprint density at radius 1 is 1.27 bits per heavy atom. The number of H-pyrrole nitrogens is 1. The molecule has 0 spiro atoms. The van der Waals surface area contributed by atoms with E-state index in [-0.39, 0.29) is 11.9 Å². The molecule has 0 saturated heterocycles. The average Bonchev–Trinajstić information content (AvgIpc) is 2.99. The van der Waals surface area contributed by atoms with Crippen molar-refractivity contribution < 1.29 is 4.79 Å². The zero-order valence-electron chi connectivity index (χ0n) is 12.0. The Labute approximate surface area is 127 Å². The third-order valence-electron chi connectivity index (χ3n) is 3.42. The minimum absolute atomic E-state index is 0.231. The Morgan fingerprint density at radius 2 is 2.09 bits per heavy atom. The highest BCUT2D eigenvalue weighted by Gasteiger charge is 2.15. The summed E-state index contributed by atoms with van der Waals surface area (Å²) < 4.78 is 0. The molecule has 5 heteroatoms. The predicted molar refractivity (Wildman–Crippen MR) is 83.1 cm³/mol. The normalized spacial score (nSPS) is 11.8. The van der Waals surface area contributed by atoms with Crippen LogP contribution in [0.3, 0.4) is 0 Å². The molecule has 0 unspecified atom stereocenters. The van der Waals surface area contributed by atoms with Crippen LogP contribution < -0.4 is 5.32 Å². The van der Waals surface area contributed by atoms with Crippen LogP contribution in [0, 0.1) is 11.3 Å². The highest BCUT2D eigenvalue weighted by molar-refractivity contribution is 5.94. The van der Waals surface area contributed by atoms with E-state index in [2.05, 4.69) is 15.3 Å². The summed E-state index contributed by atoms with van der Waals surface area (Å²) in [6.07, 6.45) is 0. The van der Waals surface area contributed by atoms with Gasteiger partial charge in [0.15, 0.2) is 0 Å². The van der Waals surface area contributed by atoms with Gasteiger partial charge in [-0.15, -0.1) is 0 Å². The zero-order chi connectivity index (χ0) is 15.5. The number of fused-ring (bicyclic) bond motifs is 1. The molecule has 3 aromatic rings. The molecule has 0 radical (unpaired) electrons. The molecule has 0 aliphatic carbocycles. The van der Waals surface area contributed by atoms with E-state index < -0.39 is 0 Å². The number of imidazole rings is 1. The summed E-state index contributed by atoms with van der Waals surface area (Å²) in [6, 6.07) is 16.1. The van der Waals surface area contributed by atoms with Crippen LogP contribution >= 0.6 is 0 Å². The molecule has 5 nitrogen and oxygen atoms in total. The summed E-state index contributed by atoms with van der Waals surface area (Å²) in [4.78, 5) is 19.9. The van der Waals surface area contributed by atoms with Crippen LogP contribution in [0.1, 0.15) is 34.7 Å². The van der Waals surface area contributed by atoms with Crippen LogP contribution in [0.4, 0.5) is 0 Å². The number of nitrogens with zero attached hydrogens (tertiary/aromatic N) is 2. The first-order valence-electron chi connectivity index (χ1n) is 6.93. The maximum Gasteiger partial charge on any atom is 0.251 e. The van der Waals surface area contributed by atoms with Crippen molar-refractivity contribution in [1.82, 2.24) is 15.3 Å². The maximum absolute atomic E-state index is 12.2. The smallest absolute Gasteiger partial charge is 0.251 e. The minimum atomic E-state index is -0.259. The van der Waals surface area contributed by atoms with Gasteiger partial charge >= 0.3 is 0 Å². The van der Waals surface area contributed by atoms with E-state index in [1.54, 1.807) is 24.3 Å². The number of para-hydroxylation sites is 2. The van der Waals surface area contributed by atoms with E-state index in [4.69, 9.17) is 5.26 Å². The maximum atomic E-state index is 12.2. The van der Waals surface area contributed by atoms with Gasteiger partial charge in [-0.1, -0.05) is 18.2 Å². The van der Waals surface area contributed by atoms with Gasteiger partial charge in [0, 0.05) is 5.56 Å². The Kier molecular flexibility index (Phi) is 3.58. The Hall–Kier alpha value is -3.13. The van der Waals surface area contributed by atoms with Gasteiger partial charge in [-0.25, -0.2) is 4.98 Å². The highest BCUT2D eigenvalue weighted by atomic mass is 16.1. The number of hydrogen-bond donors (Lipinski definition) is 2. The van der Waals surface area contributed by atoms with Crippen LogP contribution in [-0.2, 0) is 0 Å². The van der Waals surface area contributed by atoms with Crippen LogP contribution in [0.15, 0.2) is 48.5 Å². The topological polar surface area (TPSA) is 81.6 Å². The largest absolute Gasteiger partial charge is 0.342 e. The first-order valence-corrected chi connectivity index (χ1v) is 6.93. The SMILES string of the molecule is C[C@@H](NC(=O)c1cccc(C#N)c1)c1nc2ccccc2[nH]1. The number of hydrogen-bond acceptors (Lipinski definition) is 3. The van der Waals surface area contributed by atoms with Crippen LogP contribution in [0.2, 0.25) is 0 Å². The molecule has 22 heavy (non-hydrogen) atoms. The van der Waals surface area contributed by atoms with E-state index in [0.717, 1.165) is 11.0 Å². The average molecular weight is 290 g/mol. The predicted octanol–water partition coefficient (Wildman–Crippen LogP) is 2.93. The van der Waals surface area contributed by atoms with Gasteiger partial charge in [-0.3, -0.25) is 4.79 Å². The molecule has 0 fully saturated rings. The summed E-state index contributed by atoms with van der Waals surface area (Å²) in [5.74, 6) is 0.469. The number of nitrogens with one attached hydrogen (secondary N) is 2. The second-order valence-electron chi connectivity index (χ2n) is 5.03. The lowest BCUT2D eigenvalue weighted by Crippen LogP contribution is -2.27. The second kappa shape index (κ2) is 5.70.